The lowest BCUT2D eigenvalue weighted by Gasteiger charge is -2.36. The number of hydrogen-bond donors (Lipinski definition) is 2. The first-order valence-corrected chi connectivity index (χ1v) is 6.95. The third-order valence-electron chi connectivity index (χ3n) is 3.96. The Hall–Kier alpha value is -0.570. The first-order valence-electron chi connectivity index (χ1n) is 6.95. The molecule has 1 aliphatic rings. The van der Waals surface area contributed by atoms with Gasteiger partial charge in [-0.3, -0.25) is 4.79 Å². The summed E-state index contributed by atoms with van der Waals surface area (Å²) in [5, 5.41) is 12.7. The maximum atomic E-state index is 11.4. The van der Waals surface area contributed by atoms with E-state index in [0.29, 0.717) is 11.8 Å². The molecule has 0 unspecified atom stereocenters. The zero-order valence-electron chi connectivity index (χ0n) is 11.5. The van der Waals surface area contributed by atoms with Crippen LogP contribution in [0.1, 0.15) is 59.3 Å². The molecule has 3 heteroatoms. The minimum absolute atomic E-state index is 0.635. The first kappa shape index (κ1) is 14.5. The molecular formula is C14H27NO2. The minimum Gasteiger partial charge on any atom is -0.480 e. The normalized spacial score (nSPS) is 29.5. The van der Waals surface area contributed by atoms with Gasteiger partial charge in [0.25, 0.3) is 0 Å². The summed E-state index contributed by atoms with van der Waals surface area (Å²) in [4.78, 5) is 11.4. The Balaban J connectivity index is 2.41. The lowest BCUT2D eigenvalue weighted by molar-refractivity contribution is -0.146. The van der Waals surface area contributed by atoms with Crippen molar-refractivity contribution in [2.75, 3.05) is 6.54 Å². The van der Waals surface area contributed by atoms with Gasteiger partial charge in [0.15, 0.2) is 0 Å². The summed E-state index contributed by atoms with van der Waals surface area (Å²) < 4.78 is 0. The zero-order valence-corrected chi connectivity index (χ0v) is 11.5. The highest BCUT2D eigenvalue weighted by molar-refractivity contribution is 5.78. The van der Waals surface area contributed by atoms with Crippen molar-refractivity contribution in [3.05, 3.63) is 0 Å². The first-order chi connectivity index (χ1) is 7.96. The summed E-state index contributed by atoms with van der Waals surface area (Å²) >= 11 is 0. The second-order valence-electron chi connectivity index (χ2n) is 6.03. The molecule has 0 amide bonds. The van der Waals surface area contributed by atoms with Gasteiger partial charge in [-0.25, -0.2) is 0 Å². The van der Waals surface area contributed by atoms with Crippen LogP contribution in [0.5, 0.6) is 0 Å². The van der Waals surface area contributed by atoms with Crippen molar-refractivity contribution >= 4 is 5.97 Å². The van der Waals surface area contributed by atoms with Crippen LogP contribution < -0.4 is 5.32 Å². The van der Waals surface area contributed by atoms with Gasteiger partial charge in [0, 0.05) is 0 Å². The van der Waals surface area contributed by atoms with E-state index in [2.05, 4.69) is 26.1 Å². The van der Waals surface area contributed by atoms with Gasteiger partial charge in [-0.2, -0.15) is 0 Å². The molecule has 0 aromatic rings. The smallest absolute Gasteiger partial charge is 0.323 e. The molecule has 0 radical (unpaired) electrons. The topological polar surface area (TPSA) is 49.3 Å². The Kier molecular flexibility index (Phi) is 5.44. The van der Waals surface area contributed by atoms with E-state index in [9.17, 15) is 9.90 Å². The predicted octanol–water partition coefficient (Wildman–Crippen LogP) is 3.05. The van der Waals surface area contributed by atoms with Crippen LogP contribution in [0, 0.1) is 11.8 Å². The van der Waals surface area contributed by atoms with Gasteiger partial charge >= 0.3 is 5.97 Å². The summed E-state index contributed by atoms with van der Waals surface area (Å²) in [5.74, 6) is 0.720. The summed E-state index contributed by atoms with van der Waals surface area (Å²) in [5.41, 5.74) is -0.635. The fraction of sp³-hybridized carbons (Fsp3) is 0.929. The summed E-state index contributed by atoms with van der Waals surface area (Å²) in [6.45, 7) is 7.45. The third-order valence-corrected chi connectivity index (χ3v) is 3.96. The van der Waals surface area contributed by atoms with Crippen molar-refractivity contribution in [1.82, 2.24) is 5.32 Å². The molecule has 0 spiro atoms. The Labute approximate surface area is 105 Å². The molecule has 0 bridgehead atoms. The van der Waals surface area contributed by atoms with Gasteiger partial charge in [-0.05, 0) is 56.9 Å². The molecule has 17 heavy (non-hydrogen) atoms. The van der Waals surface area contributed by atoms with Crippen molar-refractivity contribution in [3.63, 3.8) is 0 Å². The Morgan fingerprint density at radius 1 is 1.41 bits per heavy atom. The van der Waals surface area contributed by atoms with Crippen LogP contribution in [0.3, 0.4) is 0 Å². The molecular weight excluding hydrogens is 214 g/mol. The van der Waals surface area contributed by atoms with Crippen molar-refractivity contribution in [2.24, 2.45) is 11.8 Å². The number of carboxylic acid groups (broad SMARTS) is 1. The molecule has 1 rings (SSSR count). The molecule has 100 valence electrons. The van der Waals surface area contributed by atoms with Crippen LogP contribution in [-0.2, 0) is 4.79 Å². The van der Waals surface area contributed by atoms with E-state index in [1.54, 1.807) is 0 Å². The highest BCUT2D eigenvalue weighted by Crippen LogP contribution is 2.32. The van der Waals surface area contributed by atoms with Gasteiger partial charge in [0.05, 0.1) is 0 Å². The molecule has 1 aliphatic carbocycles. The molecule has 2 N–H and O–H groups in total. The number of aliphatic carboxylic acids is 1. The zero-order chi connectivity index (χ0) is 12.9. The van der Waals surface area contributed by atoms with Crippen molar-refractivity contribution in [1.29, 1.82) is 0 Å². The highest BCUT2D eigenvalue weighted by Gasteiger charge is 2.40. The van der Waals surface area contributed by atoms with Crippen LogP contribution in [0.4, 0.5) is 0 Å². The van der Waals surface area contributed by atoms with E-state index in [1.807, 2.05) is 0 Å². The lowest BCUT2D eigenvalue weighted by Crippen LogP contribution is -2.54. The van der Waals surface area contributed by atoms with Crippen LogP contribution in [-0.4, -0.2) is 23.2 Å². The summed E-state index contributed by atoms with van der Waals surface area (Å²) in [6.07, 6.45) is 5.87. The van der Waals surface area contributed by atoms with E-state index < -0.39 is 11.5 Å². The van der Waals surface area contributed by atoms with E-state index >= 15 is 0 Å². The van der Waals surface area contributed by atoms with Crippen molar-refractivity contribution in [3.8, 4) is 0 Å². The summed E-state index contributed by atoms with van der Waals surface area (Å²) in [6, 6.07) is 0. The van der Waals surface area contributed by atoms with Crippen LogP contribution in [0.15, 0.2) is 0 Å². The number of carbonyl (C=O) groups is 1. The van der Waals surface area contributed by atoms with Crippen LogP contribution >= 0.6 is 0 Å². The van der Waals surface area contributed by atoms with Crippen molar-refractivity contribution < 1.29 is 9.90 Å². The van der Waals surface area contributed by atoms with Crippen molar-refractivity contribution in [2.45, 2.75) is 64.8 Å². The number of rotatable bonds is 6. The summed E-state index contributed by atoms with van der Waals surface area (Å²) in [7, 11) is 0. The molecule has 0 saturated heterocycles. The number of nitrogens with one attached hydrogen (secondary N) is 1. The molecule has 0 aromatic heterocycles. The fourth-order valence-corrected chi connectivity index (χ4v) is 2.56. The maximum Gasteiger partial charge on any atom is 0.323 e. The van der Waals surface area contributed by atoms with Gasteiger partial charge in [-0.15, -0.1) is 0 Å². The standard InChI is InChI=1S/C14H27NO2/c1-11(2)5-4-10-15-14(13(16)17)8-6-12(3)7-9-14/h11-12,15H,4-10H2,1-3H3,(H,16,17). The molecule has 0 aromatic carbocycles. The monoisotopic (exact) mass is 241 g/mol. The van der Waals surface area contributed by atoms with E-state index in [-0.39, 0.29) is 0 Å². The maximum absolute atomic E-state index is 11.4. The molecule has 1 saturated carbocycles. The quantitative estimate of drug-likeness (QED) is 0.703. The van der Waals surface area contributed by atoms with Gasteiger partial charge in [0.1, 0.15) is 5.54 Å². The van der Waals surface area contributed by atoms with Crippen LogP contribution in [0.25, 0.3) is 0 Å². The second-order valence-corrected chi connectivity index (χ2v) is 6.03. The van der Waals surface area contributed by atoms with Crippen LogP contribution in [0.2, 0.25) is 0 Å². The molecule has 0 aliphatic heterocycles. The number of carboxylic acids is 1. The average Bonchev–Trinajstić information content (AvgIpc) is 2.26. The molecule has 3 nitrogen and oxygen atoms in total. The highest BCUT2D eigenvalue weighted by atomic mass is 16.4. The predicted molar refractivity (Wildman–Crippen MR) is 70.1 cm³/mol. The lowest BCUT2D eigenvalue weighted by atomic mass is 9.77. The van der Waals surface area contributed by atoms with E-state index in [0.717, 1.165) is 38.6 Å². The second kappa shape index (κ2) is 6.39. The Morgan fingerprint density at radius 2 is 2.00 bits per heavy atom. The fourth-order valence-electron chi connectivity index (χ4n) is 2.56. The Morgan fingerprint density at radius 3 is 2.47 bits per heavy atom. The Bertz CT molecular complexity index is 243. The van der Waals surface area contributed by atoms with Gasteiger partial charge in [0.2, 0.25) is 0 Å². The molecule has 0 atom stereocenters. The van der Waals surface area contributed by atoms with Gasteiger partial charge < -0.3 is 10.4 Å². The van der Waals surface area contributed by atoms with E-state index in [1.165, 1.54) is 6.42 Å². The van der Waals surface area contributed by atoms with E-state index in [4.69, 9.17) is 0 Å². The molecule has 0 heterocycles. The largest absolute Gasteiger partial charge is 0.480 e. The minimum atomic E-state index is -0.658. The average molecular weight is 241 g/mol. The molecule has 1 fully saturated rings. The van der Waals surface area contributed by atoms with Gasteiger partial charge in [-0.1, -0.05) is 20.8 Å². The number of hydrogen-bond acceptors (Lipinski definition) is 2. The third kappa shape index (κ3) is 4.30. The SMILES string of the molecule is CC(C)CCCNC1(C(=O)O)CCC(C)CC1.